The Kier molecular flexibility index (Phi) is 3.35. The van der Waals surface area contributed by atoms with Gasteiger partial charge in [-0.1, -0.05) is 12.1 Å². The molecule has 2 rings (SSSR count). The summed E-state index contributed by atoms with van der Waals surface area (Å²) in [7, 11) is 0. The molecule has 2 unspecified atom stereocenters. The molecule has 0 radical (unpaired) electrons. The molecule has 1 aliphatic heterocycles. The summed E-state index contributed by atoms with van der Waals surface area (Å²) < 4.78 is 4.88. The van der Waals surface area contributed by atoms with Crippen LogP contribution in [0.15, 0.2) is 4.52 Å². The lowest BCUT2D eigenvalue weighted by Gasteiger charge is -2.24. The van der Waals surface area contributed by atoms with Crippen LogP contribution in [-0.4, -0.2) is 32.0 Å². The van der Waals surface area contributed by atoms with Crippen LogP contribution in [0.4, 0.5) is 0 Å². The maximum absolute atomic E-state index is 8.81. The van der Waals surface area contributed by atoms with Crippen molar-refractivity contribution in [3.8, 4) is 0 Å². The van der Waals surface area contributed by atoms with Crippen molar-refractivity contribution >= 4 is 23.5 Å². The van der Waals surface area contributed by atoms with Crippen molar-refractivity contribution in [1.29, 1.82) is 0 Å². The highest BCUT2D eigenvalue weighted by Crippen LogP contribution is 2.40. The second kappa shape index (κ2) is 4.55. The summed E-state index contributed by atoms with van der Waals surface area (Å²) in [6.45, 7) is 2.00. The van der Waals surface area contributed by atoms with E-state index in [1.54, 1.807) is 0 Å². The van der Waals surface area contributed by atoms with E-state index >= 15 is 0 Å². The van der Waals surface area contributed by atoms with Gasteiger partial charge in [-0.2, -0.15) is 16.7 Å². The number of aliphatic hydroxyl groups is 1. The van der Waals surface area contributed by atoms with E-state index in [1.165, 1.54) is 5.75 Å². The minimum Gasteiger partial charge on any atom is -0.387 e. The van der Waals surface area contributed by atoms with E-state index in [0.717, 1.165) is 11.6 Å². The first-order valence-corrected chi connectivity index (χ1v) is 6.57. The average molecular weight is 232 g/mol. The van der Waals surface area contributed by atoms with Gasteiger partial charge in [0.2, 0.25) is 0 Å². The van der Waals surface area contributed by atoms with Crippen LogP contribution < -0.4 is 0 Å². The Morgan fingerprint density at radius 3 is 2.93 bits per heavy atom. The molecule has 0 spiro atoms. The zero-order valence-corrected chi connectivity index (χ0v) is 9.48. The zero-order valence-electron chi connectivity index (χ0n) is 7.84. The Bertz CT molecular complexity index is 305. The zero-order chi connectivity index (χ0) is 9.97. The van der Waals surface area contributed by atoms with Crippen molar-refractivity contribution in [2.75, 3.05) is 11.5 Å². The molecule has 4 nitrogen and oxygen atoms in total. The Hall–Kier alpha value is -0.200. The molecule has 0 saturated carbocycles. The highest BCUT2D eigenvalue weighted by atomic mass is 32.2. The fraction of sp³-hybridized carbons (Fsp3) is 0.750. The molecule has 78 valence electrons. The second-order valence-corrected chi connectivity index (χ2v) is 5.81. The summed E-state index contributed by atoms with van der Waals surface area (Å²) in [6.07, 6.45) is 0. The maximum atomic E-state index is 8.81. The SMILES string of the molecule is CC1SCCSC1c1noc(CO)n1. The lowest BCUT2D eigenvalue weighted by Crippen LogP contribution is -2.16. The first-order chi connectivity index (χ1) is 6.81. The lowest BCUT2D eigenvalue weighted by atomic mass is 10.3. The van der Waals surface area contributed by atoms with Crippen molar-refractivity contribution in [2.24, 2.45) is 0 Å². The number of rotatable bonds is 2. The predicted molar refractivity (Wildman–Crippen MR) is 57.3 cm³/mol. The molecule has 14 heavy (non-hydrogen) atoms. The highest BCUT2D eigenvalue weighted by Gasteiger charge is 2.28. The topological polar surface area (TPSA) is 59.2 Å². The largest absolute Gasteiger partial charge is 0.387 e. The summed E-state index contributed by atoms with van der Waals surface area (Å²) in [5.41, 5.74) is 0. The molecule has 1 aliphatic rings. The van der Waals surface area contributed by atoms with Crippen LogP contribution in [0, 0.1) is 0 Å². The number of hydrogen-bond donors (Lipinski definition) is 1. The van der Waals surface area contributed by atoms with Gasteiger partial charge in [-0.25, -0.2) is 0 Å². The van der Waals surface area contributed by atoms with Gasteiger partial charge in [-0.05, 0) is 0 Å². The van der Waals surface area contributed by atoms with Crippen molar-refractivity contribution in [3.63, 3.8) is 0 Å². The maximum Gasteiger partial charge on any atom is 0.252 e. The van der Waals surface area contributed by atoms with Gasteiger partial charge < -0.3 is 9.63 Å². The standard InChI is InChI=1S/C8H12N2O2S2/c1-5-7(14-3-2-13-5)8-9-6(4-11)12-10-8/h5,7,11H,2-4H2,1H3. The minimum absolute atomic E-state index is 0.175. The molecular weight excluding hydrogens is 220 g/mol. The smallest absolute Gasteiger partial charge is 0.252 e. The summed E-state index contributed by atoms with van der Waals surface area (Å²) in [5.74, 6) is 3.34. The number of aromatic nitrogens is 2. The fourth-order valence-electron chi connectivity index (χ4n) is 1.36. The van der Waals surface area contributed by atoms with Crippen LogP contribution in [0.2, 0.25) is 0 Å². The molecule has 0 bridgehead atoms. The third-order valence-electron chi connectivity index (χ3n) is 2.06. The van der Waals surface area contributed by atoms with Gasteiger partial charge in [-0.3, -0.25) is 0 Å². The van der Waals surface area contributed by atoms with Gasteiger partial charge in [0, 0.05) is 16.8 Å². The third-order valence-corrected chi connectivity index (χ3v) is 5.15. The molecule has 1 aromatic heterocycles. The van der Waals surface area contributed by atoms with Crippen molar-refractivity contribution < 1.29 is 9.63 Å². The summed E-state index contributed by atoms with van der Waals surface area (Å²) in [5, 5.41) is 13.5. The number of hydrogen-bond acceptors (Lipinski definition) is 6. The summed E-state index contributed by atoms with van der Waals surface area (Å²) >= 11 is 3.79. The van der Waals surface area contributed by atoms with E-state index in [0.29, 0.717) is 16.4 Å². The molecule has 6 heteroatoms. The van der Waals surface area contributed by atoms with Gasteiger partial charge in [0.05, 0.1) is 5.25 Å². The van der Waals surface area contributed by atoms with E-state index in [-0.39, 0.29) is 6.61 Å². The van der Waals surface area contributed by atoms with Crippen molar-refractivity contribution in [1.82, 2.24) is 10.1 Å². The van der Waals surface area contributed by atoms with Gasteiger partial charge in [-0.15, -0.1) is 11.8 Å². The molecule has 1 aromatic rings. The van der Waals surface area contributed by atoms with Crippen LogP contribution in [0.25, 0.3) is 0 Å². The van der Waals surface area contributed by atoms with Crippen LogP contribution in [-0.2, 0) is 6.61 Å². The van der Waals surface area contributed by atoms with Crippen LogP contribution >= 0.6 is 23.5 Å². The number of thioether (sulfide) groups is 2. The van der Waals surface area contributed by atoms with E-state index in [9.17, 15) is 0 Å². The van der Waals surface area contributed by atoms with E-state index in [1.807, 2.05) is 23.5 Å². The lowest BCUT2D eigenvalue weighted by molar-refractivity contribution is 0.222. The Morgan fingerprint density at radius 2 is 2.29 bits per heavy atom. The minimum atomic E-state index is -0.175. The third kappa shape index (κ3) is 2.07. The summed E-state index contributed by atoms with van der Waals surface area (Å²) in [4.78, 5) is 4.14. The quantitative estimate of drug-likeness (QED) is 0.833. The molecule has 1 saturated heterocycles. The van der Waals surface area contributed by atoms with Crippen molar-refractivity contribution in [3.05, 3.63) is 11.7 Å². The fourth-order valence-corrected chi connectivity index (χ4v) is 4.04. The second-order valence-electron chi connectivity index (χ2n) is 3.07. The van der Waals surface area contributed by atoms with E-state index < -0.39 is 0 Å². The Labute approximate surface area is 90.8 Å². The molecule has 2 heterocycles. The normalized spacial score (nSPS) is 27.9. The average Bonchev–Trinajstić information content (AvgIpc) is 2.67. The van der Waals surface area contributed by atoms with Crippen LogP contribution in [0.5, 0.6) is 0 Å². The molecule has 0 aliphatic carbocycles. The number of aliphatic hydroxyl groups excluding tert-OH is 1. The van der Waals surface area contributed by atoms with Crippen molar-refractivity contribution in [2.45, 2.75) is 24.0 Å². The molecule has 0 aromatic carbocycles. The van der Waals surface area contributed by atoms with E-state index in [2.05, 4.69) is 17.1 Å². The van der Waals surface area contributed by atoms with E-state index in [4.69, 9.17) is 9.63 Å². The molecule has 1 fully saturated rings. The summed E-state index contributed by atoms with van der Waals surface area (Å²) in [6, 6.07) is 0. The predicted octanol–water partition coefficient (Wildman–Crippen LogP) is 1.47. The molecule has 2 atom stereocenters. The molecular formula is C8H12N2O2S2. The Balaban J connectivity index is 2.12. The monoisotopic (exact) mass is 232 g/mol. The first-order valence-electron chi connectivity index (χ1n) is 4.48. The van der Waals surface area contributed by atoms with Crippen LogP contribution in [0.3, 0.4) is 0 Å². The molecule has 0 amide bonds. The highest BCUT2D eigenvalue weighted by molar-refractivity contribution is 8.06. The van der Waals surface area contributed by atoms with Gasteiger partial charge in [0.1, 0.15) is 6.61 Å². The van der Waals surface area contributed by atoms with Gasteiger partial charge >= 0.3 is 0 Å². The van der Waals surface area contributed by atoms with Gasteiger partial charge in [0.25, 0.3) is 5.89 Å². The van der Waals surface area contributed by atoms with Gasteiger partial charge in [0.15, 0.2) is 5.82 Å². The molecule has 1 N–H and O–H groups in total. The van der Waals surface area contributed by atoms with Crippen LogP contribution in [0.1, 0.15) is 23.9 Å². The first kappa shape index (κ1) is 10.3. The Morgan fingerprint density at radius 1 is 1.50 bits per heavy atom. The number of nitrogens with zero attached hydrogens (tertiary/aromatic N) is 2.